The number of aryl methyl sites for hydroxylation is 1. The van der Waals surface area contributed by atoms with Gasteiger partial charge in [0.1, 0.15) is 5.82 Å². The fourth-order valence-electron chi connectivity index (χ4n) is 1.73. The van der Waals surface area contributed by atoms with Crippen LogP contribution in [-0.4, -0.2) is 25.6 Å². The van der Waals surface area contributed by atoms with Gasteiger partial charge < -0.3 is 5.32 Å². The zero-order chi connectivity index (χ0) is 11.5. The lowest BCUT2D eigenvalue weighted by Crippen LogP contribution is -2.18. The first-order chi connectivity index (χ1) is 7.76. The molecule has 0 aliphatic rings. The number of hydrogen-bond acceptors (Lipinski definition) is 4. The highest BCUT2D eigenvalue weighted by atomic mass is 15.3. The highest BCUT2D eigenvalue weighted by Crippen LogP contribution is 2.14. The average molecular weight is 219 g/mol. The van der Waals surface area contributed by atoms with Crippen molar-refractivity contribution in [3.8, 4) is 0 Å². The van der Waals surface area contributed by atoms with E-state index in [1.807, 2.05) is 17.5 Å². The van der Waals surface area contributed by atoms with Gasteiger partial charge in [-0.25, -0.2) is 4.98 Å². The largest absolute Gasteiger partial charge is 0.364 e. The van der Waals surface area contributed by atoms with Crippen molar-refractivity contribution in [1.82, 2.24) is 19.6 Å². The molecular weight excluding hydrogens is 202 g/mol. The summed E-state index contributed by atoms with van der Waals surface area (Å²) in [5, 5.41) is 11.6. The van der Waals surface area contributed by atoms with Gasteiger partial charge in [0, 0.05) is 18.4 Å². The van der Waals surface area contributed by atoms with E-state index in [1.54, 1.807) is 6.20 Å². The van der Waals surface area contributed by atoms with Crippen LogP contribution in [0.4, 0.5) is 5.82 Å². The van der Waals surface area contributed by atoms with Crippen LogP contribution in [0.1, 0.15) is 32.5 Å². The van der Waals surface area contributed by atoms with Gasteiger partial charge >= 0.3 is 0 Å². The van der Waals surface area contributed by atoms with E-state index >= 15 is 0 Å². The molecule has 5 nitrogen and oxygen atoms in total. The van der Waals surface area contributed by atoms with Gasteiger partial charge in [0.15, 0.2) is 5.82 Å². The molecule has 0 amide bonds. The molecule has 16 heavy (non-hydrogen) atoms. The van der Waals surface area contributed by atoms with Crippen molar-refractivity contribution in [3.63, 3.8) is 0 Å². The van der Waals surface area contributed by atoms with Crippen LogP contribution in [0.2, 0.25) is 0 Å². The minimum Gasteiger partial charge on any atom is -0.364 e. The second kappa shape index (κ2) is 4.47. The van der Waals surface area contributed by atoms with Crippen molar-refractivity contribution in [2.24, 2.45) is 0 Å². The van der Waals surface area contributed by atoms with E-state index in [1.165, 1.54) is 0 Å². The van der Waals surface area contributed by atoms with Crippen LogP contribution in [0.25, 0.3) is 5.65 Å². The lowest BCUT2D eigenvalue weighted by atomic mass is 10.2. The van der Waals surface area contributed by atoms with E-state index in [0.717, 1.165) is 30.1 Å². The third-order valence-electron chi connectivity index (χ3n) is 2.82. The zero-order valence-corrected chi connectivity index (χ0v) is 9.94. The van der Waals surface area contributed by atoms with Gasteiger partial charge in [0.05, 0.1) is 0 Å². The summed E-state index contributed by atoms with van der Waals surface area (Å²) in [6, 6.07) is 0.440. The summed E-state index contributed by atoms with van der Waals surface area (Å²) in [5.74, 6) is 1.70. The number of anilines is 1. The van der Waals surface area contributed by atoms with Gasteiger partial charge in [-0.2, -0.15) is 0 Å². The summed E-state index contributed by atoms with van der Waals surface area (Å²) in [6.45, 7) is 6.26. The third kappa shape index (κ3) is 1.85. The van der Waals surface area contributed by atoms with Crippen LogP contribution in [0.15, 0.2) is 12.4 Å². The monoisotopic (exact) mass is 219 g/mol. The number of nitrogens with one attached hydrogen (secondary N) is 1. The van der Waals surface area contributed by atoms with E-state index in [2.05, 4.69) is 34.3 Å². The molecular formula is C11H17N5. The van der Waals surface area contributed by atoms with Crippen molar-refractivity contribution >= 4 is 11.5 Å². The van der Waals surface area contributed by atoms with Crippen LogP contribution in [-0.2, 0) is 0 Å². The molecule has 0 aliphatic heterocycles. The Kier molecular flexibility index (Phi) is 3.03. The molecule has 0 saturated heterocycles. The number of fused-ring (bicyclic) bond motifs is 1. The van der Waals surface area contributed by atoms with Crippen molar-refractivity contribution < 1.29 is 0 Å². The first-order valence-electron chi connectivity index (χ1n) is 5.69. The minimum atomic E-state index is 0.440. The van der Waals surface area contributed by atoms with Gasteiger partial charge in [0.25, 0.3) is 0 Å². The summed E-state index contributed by atoms with van der Waals surface area (Å²) in [7, 11) is 0. The zero-order valence-electron chi connectivity index (χ0n) is 9.94. The predicted octanol–water partition coefficient (Wildman–Crippen LogP) is 2.03. The summed E-state index contributed by atoms with van der Waals surface area (Å²) < 4.78 is 1.94. The second-order valence-corrected chi connectivity index (χ2v) is 3.87. The highest BCUT2D eigenvalue weighted by Gasteiger charge is 2.10. The van der Waals surface area contributed by atoms with Crippen molar-refractivity contribution in [2.45, 2.75) is 39.7 Å². The summed E-state index contributed by atoms with van der Waals surface area (Å²) in [6.07, 6.45) is 5.80. The lowest BCUT2D eigenvalue weighted by Gasteiger charge is -2.15. The quantitative estimate of drug-likeness (QED) is 0.854. The first-order valence-corrected chi connectivity index (χ1v) is 5.69. The van der Waals surface area contributed by atoms with Gasteiger partial charge in [0.2, 0.25) is 5.65 Å². The molecule has 86 valence electrons. The SMILES string of the molecule is CCC(CC)Nc1nccn2c(C)nnc12. The number of rotatable bonds is 4. The smallest absolute Gasteiger partial charge is 0.203 e. The van der Waals surface area contributed by atoms with E-state index in [4.69, 9.17) is 0 Å². The lowest BCUT2D eigenvalue weighted by molar-refractivity contribution is 0.668. The Hall–Kier alpha value is -1.65. The van der Waals surface area contributed by atoms with Crippen molar-refractivity contribution in [2.75, 3.05) is 5.32 Å². The highest BCUT2D eigenvalue weighted by molar-refractivity contribution is 5.62. The maximum absolute atomic E-state index is 4.32. The molecule has 5 heteroatoms. The third-order valence-corrected chi connectivity index (χ3v) is 2.82. The fourth-order valence-corrected chi connectivity index (χ4v) is 1.73. The Labute approximate surface area is 94.9 Å². The second-order valence-electron chi connectivity index (χ2n) is 3.87. The van der Waals surface area contributed by atoms with Crippen LogP contribution >= 0.6 is 0 Å². The molecule has 1 N–H and O–H groups in total. The van der Waals surface area contributed by atoms with Gasteiger partial charge in [-0.3, -0.25) is 4.40 Å². The molecule has 2 aromatic rings. The van der Waals surface area contributed by atoms with E-state index in [-0.39, 0.29) is 0 Å². The Morgan fingerprint density at radius 2 is 2.06 bits per heavy atom. The van der Waals surface area contributed by atoms with Gasteiger partial charge in [-0.05, 0) is 19.8 Å². The molecule has 0 radical (unpaired) electrons. The number of nitrogens with zero attached hydrogens (tertiary/aromatic N) is 4. The molecule has 0 atom stereocenters. The molecule has 2 heterocycles. The van der Waals surface area contributed by atoms with Crippen LogP contribution in [0, 0.1) is 6.92 Å². The Morgan fingerprint density at radius 3 is 2.75 bits per heavy atom. The van der Waals surface area contributed by atoms with Gasteiger partial charge in [-0.1, -0.05) is 13.8 Å². The molecule has 0 fully saturated rings. The fraction of sp³-hybridized carbons (Fsp3) is 0.545. The Balaban J connectivity index is 2.37. The van der Waals surface area contributed by atoms with E-state index in [0.29, 0.717) is 6.04 Å². The predicted molar refractivity (Wildman–Crippen MR) is 63.5 cm³/mol. The van der Waals surface area contributed by atoms with Crippen molar-refractivity contribution in [1.29, 1.82) is 0 Å². The maximum atomic E-state index is 4.32. The molecule has 0 saturated carbocycles. The Bertz CT molecular complexity index is 472. The average Bonchev–Trinajstić information content (AvgIpc) is 2.69. The van der Waals surface area contributed by atoms with E-state index < -0.39 is 0 Å². The summed E-state index contributed by atoms with van der Waals surface area (Å²) in [4.78, 5) is 4.32. The Morgan fingerprint density at radius 1 is 1.31 bits per heavy atom. The molecule has 0 aliphatic carbocycles. The molecule has 0 unspecified atom stereocenters. The van der Waals surface area contributed by atoms with Crippen LogP contribution < -0.4 is 5.32 Å². The molecule has 0 spiro atoms. The number of aromatic nitrogens is 4. The van der Waals surface area contributed by atoms with E-state index in [9.17, 15) is 0 Å². The standard InChI is InChI=1S/C11H17N5/c1-4-9(5-2)13-10-11-15-14-8(3)16(11)7-6-12-10/h6-7,9H,4-5H2,1-3H3,(H,12,13). The maximum Gasteiger partial charge on any atom is 0.203 e. The minimum absolute atomic E-state index is 0.440. The number of hydrogen-bond donors (Lipinski definition) is 1. The summed E-state index contributed by atoms with van der Waals surface area (Å²) >= 11 is 0. The normalized spacial score (nSPS) is 11.2. The first kappa shape index (κ1) is 10.9. The van der Waals surface area contributed by atoms with Crippen LogP contribution in [0.5, 0.6) is 0 Å². The van der Waals surface area contributed by atoms with Crippen molar-refractivity contribution in [3.05, 3.63) is 18.2 Å². The van der Waals surface area contributed by atoms with Crippen LogP contribution in [0.3, 0.4) is 0 Å². The topological polar surface area (TPSA) is 55.1 Å². The van der Waals surface area contributed by atoms with Gasteiger partial charge in [-0.15, -0.1) is 10.2 Å². The summed E-state index contributed by atoms with van der Waals surface area (Å²) in [5.41, 5.74) is 0.798. The molecule has 2 aromatic heterocycles. The molecule has 0 aromatic carbocycles. The molecule has 0 bridgehead atoms. The molecule has 2 rings (SSSR count).